The number of thiazole rings is 1. The number of aromatic nitrogens is 3. The fourth-order valence-corrected chi connectivity index (χ4v) is 5.94. The smallest absolute Gasteiger partial charge is 0.270 e. The van der Waals surface area contributed by atoms with Gasteiger partial charge in [-0.05, 0) is 53.6 Å². The summed E-state index contributed by atoms with van der Waals surface area (Å²) in [5.41, 5.74) is 9.11. The molecule has 4 heterocycles. The molecule has 0 radical (unpaired) electrons. The van der Waals surface area contributed by atoms with Crippen molar-refractivity contribution in [3.8, 4) is 10.6 Å². The average molecular weight is 549 g/mol. The average Bonchev–Trinajstić information content (AvgIpc) is 3.63. The van der Waals surface area contributed by atoms with Crippen molar-refractivity contribution in [2.24, 2.45) is 5.92 Å². The predicted molar refractivity (Wildman–Crippen MR) is 152 cm³/mol. The maximum atomic E-state index is 13.5. The third-order valence-corrected chi connectivity index (χ3v) is 7.82. The molecule has 2 amide bonds. The minimum atomic E-state index is -0.387. The van der Waals surface area contributed by atoms with Crippen molar-refractivity contribution in [1.82, 2.24) is 25.0 Å². The first-order valence-electron chi connectivity index (χ1n) is 12.2. The van der Waals surface area contributed by atoms with Crippen molar-refractivity contribution >= 4 is 55.5 Å². The number of hydrogen-bond acceptors (Lipinski definition) is 8. The third-order valence-electron chi connectivity index (χ3n) is 6.10. The molecule has 1 atom stereocenters. The number of thiophene rings is 1. The number of amides is 2. The van der Waals surface area contributed by atoms with E-state index in [0.29, 0.717) is 46.6 Å². The van der Waals surface area contributed by atoms with Gasteiger partial charge in [-0.2, -0.15) is 0 Å². The summed E-state index contributed by atoms with van der Waals surface area (Å²) >= 11 is 2.86. The fourth-order valence-electron chi connectivity index (χ4n) is 4.42. The second-order valence-electron chi connectivity index (χ2n) is 9.42. The molecule has 1 aromatic carbocycles. The summed E-state index contributed by atoms with van der Waals surface area (Å²) < 4.78 is 2.61. The molecule has 0 saturated carbocycles. The van der Waals surface area contributed by atoms with Gasteiger partial charge in [0.2, 0.25) is 0 Å². The van der Waals surface area contributed by atoms with Crippen molar-refractivity contribution in [3.05, 3.63) is 70.9 Å². The number of rotatable bonds is 9. The molecule has 5 rings (SSSR count). The number of benzene rings is 1. The number of nitrogens with zero attached hydrogens (tertiary/aromatic N) is 3. The Labute approximate surface area is 227 Å². The summed E-state index contributed by atoms with van der Waals surface area (Å²) in [6.45, 7) is 4.22. The van der Waals surface area contributed by atoms with Crippen LogP contribution in [0.5, 0.6) is 0 Å². The standard InChI is InChI=1S/C27H28N6O3S2/c1-15(2)11-17(14-34)30-26(36)23-22(20-6-4-10-37-20)32-24-18(5-3-9-33(23)24)25(35)29-13-16-7-8-19-21(12-16)38-27(28)31-19/h3-10,12,15,17,34H,11,13-14H2,1-2H3,(H2,28,31)(H,29,35)(H,30,36)/t17-/m0/s1. The van der Waals surface area contributed by atoms with Gasteiger partial charge >= 0.3 is 0 Å². The number of aliphatic hydroxyl groups is 1. The Balaban J connectivity index is 1.46. The van der Waals surface area contributed by atoms with Gasteiger partial charge in [0, 0.05) is 12.7 Å². The molecule has 4 aromatic heterocycles. The van der Waals surface area contributed by atoms with Gasteiger partial charge in [-0.15, -0.1) is 11.3 Å². The van der Waals surface area contributed by atoms with Crippen LogP contribution in [0.25, 0.3) is 26.4 Å². The van der Waals surface area contributed by atoms with E-state index in [2.05, 4.69) is 15.6 Å². The van der Waals surface area contributed by atoms with Gasteiger partial charge in [0.15, 0.2) is 10.8 Å². The molecule has 0 aliphatic carbocycles. The number of imidazole rings is 1. The SMILES string of the molecule is CC(C)C[C@@H](CO)NC(=O)c1c(-c2cccs2)nc2c(C(=O)NCc3ccc4nc(N)sc4c3)cccn12. The van der Waals surface area contributed by atoms with Gasteiger partial charge in [0.05, 0.1) is 33.3 Å². The molecule has 0 spiro atoms. The molecule has 0 aliphatic rings. The van der Waals surface area contributed by atoms with Crippen molar-refractivity contribution in [2.75, 3.05) is 12.3 Å². The summed E-state index contributed by atoms with van der Waals surface area (Å²) in [5, 5.41) is 18.1. The van der Waals surface area contributed by atoms with Gasteiger partial charge in [0.25, 0.3) is 11.8 Å². The Hall–Kier alpha value is -3.80. The quantitative estimate of drug-likeness (QED) is 0.217. The minimum absolute atomic E-state index is 0.164. The van der Waals surface area contributed by atoms with Crippen LogP contribution in [0.15, 0.2) is 54.0 Å². The molecular formula is C27H28N6O3S2. The van der Waals surface area contributed by atoms with Crippen molar-refractivity contribution in [1.29, 1.82) is 0 Å². The van der Waals surface area contributed by atoms with E-state index in [4.69, 9.17) is 10.7 Å². The van der Waals surface area contributed by atoms with E-state index < -0.39 is 0 Å². The number of carbonyl (C=O) groups is 2. The van der Waals surface area contributed by atoms with Gasteiger partial charge in [0.1, 0.15) is 11.4 Å². The number of aliphatic hydroxyl groups excluding tert-OH is 1. The van der Waals surface area contributed by atoms with E-state index in [1.165, 1.54) is 22.7 Å². The molecular weight excluding hydrogens is 520 g/mol. The number of anilines is 1. The highest BCUT2D eigenvalue weighted by molar-refractivity contribution is 7.22. The maximum Gasteiger partial charge on any atom is 0.270 e. The van der Waals surface area contributed by atoms with Crippen LogP contribution < -0.4 is 16.4 Å². The normalized spacial score (nSPS) is 12.3. The lowest BCUT2D eigenvalue weighted by atomic mass is 10.0. The largest absolute Gasteiger partial charge is 0.394 e. The predicted octanol–water partition coefficient (Wildman–Crippen LogP) is 4.32. The summed E-state index contributed by atoms with van der Waals surface area (Å²) in [4.78, 5) is 36.6. The number of fused-ring (bicyclic) bond motifs is 2. The molecule has 38 heavy (non-hydrogen) atoms. The second-order valence-corrected chi connectivity index (χ2v) is 11.4. The van der Waals surface area contributed by atoms with E-state index in [-0.39, 0.29) is 24.5 Å². The zero-order chi connectivity index (χ0) is 26.8. The summed E-state index contributed by atoms with van der Waals surface area (Å²) in [7, 11) is 0. The highest BCUT2D eigenvalue weighted by Gasteiger charge is 2.26. The van der Waals surface area contributed by atoms with Crippen LogP contribution >= 0.6 is 22.7 Å². The molecule has 9 nitrogen and oxygen atoms in total. The van der Waals surface area contributed by atoms with Crippen LogP contribution in [0, 0.1) is 5.92 Å². The third kappa shape index (κ3) is 5.26. The highest BCUT2D eigenvalue weighted by Crippen LogP contribution is 2.30. The molecule has 0 fully saturated rings. The lowest BCUT2D eigenvalue weighted by molar-refractivity contribution is 0.0901. The van der Waals surface area contributed by atoms with E-state index in [0.717, 1.165) is 20.7 Å². The molecule has 0 unspecified atom stereocenters. The Morgan fingerprint density at radius 3 is 2.71 bits per heavy atom. The van der Waals surface area contributed by atoms with Crippen molar-refractivity contribution < 1.29 is 14.7 Å². The molecule has 11 heteroatoms. The topological polar surface area (TPSA) is 135 Å². The Morgan fingerprint density at radius 1 is 1.13 bits per heavy atom. The number of nitrogens with one attached hydrogen (secondary N) is 2. The summed E-state index contributed by atoms with van der Waals surface area (Å²) in [6, 6.07) is 12.6. The molecule has 5 aromatic rings. The number of hydrogen-bond donors (Lipinski definition) is 4. The molecule has 0 bridgehead atoms. The van der Waals surface area contributed by atoms with Crippen LogP contribution in [-0.2, 0) is 6.54 Å². The van der Waals surface area contributed by atoms with Crippen LogP contribution in [0.3, 0.4) is 0 Å². The van der Waals surface area contributed by atoms with Crippen LogP contribution in [0.4, 0.5) is 5.13 Å². The molecule has 0 saturated heterocycles. The molecule has 0 aliphatic heterocycles. The first-order chi connectivity index (χ1) is 18.3. The maximum absolute atomic E-state index is 13.5. The van der Waals surface area contributed by atoms with Gasteiger partial charge in [-0.1, -0.05) is 37.3 Å². The highest BCUT2D eigenvalue weighted by atomic mass is 32.1. The second kappa shape index (κ2) is 10.9. The van der Waals surface area contributed by atoms with E-state index in [1.54, 1.807) is 22.7 Å². The van der Waals surface area contributed by atoms with Gasteiger partial charge in [-0.3, -0.25) is 14.0 Å². The van der Waals surface area contributed by atoms with Gasteiger partial charge in [-0.25, -0.2) is 9.97 Å². The number of carbonyl (C=O) groups excluding carboxylic acids is 2. The zero-order valence-electron chi connectivity index (χ0n) is 21.0. The summed E-state index contributed by atoms with van der Waals surface area (Å²) in [6.07, 6.45) is 2.37. The van der Waals surface area contributed by atoms with E-state index in [1.807, 2.05) is 49.6 Å². The van der Waals surface area contributed by atoms with Crippen LogP contribution in [0.2, 0.25) is 0 Å². The zero-order valence-corrected chi connectivity index (χ0v) is 22.6. The minimum Gasteiger partial charge on any atom is -0.394 e. The Bertz CT molecular complexity index is 1610. The van der Waals surface area contributed by atoms with Crippen LogP contribution in [0.1, 0.15) is 46.7 Å². The monoisotopic (exact) mass is 548 g/mol. The number of pyridine rings is 1. The van der Waals surface area contributed by atoms with E-state index >= 15 is 0 Å². The first kappa shape index (κ1) is 25.8. The summed E-state index contributed by atoms with van der Waals surface area (Å²) in [5.74, 6) is -0.353. The van der Waals surface area contributed by atoms with Crippen molar-refractivity contribution in [2.45, 2.75) is 32.9 Å². The van der Waals surface area contributed by atoms with Crippen LogP contribution in [-0.4, -0.2) is 43.9 Å². The number of nitrogen functional groups attached to an aromatic ring is 1. The lowest BCUT2D eigenvalue weighted by Gasteiger charge is -2.18. The lowest BCUT2D eigenvalue weighted by Crippen LogP contribution is -2.39. The number of nitrogens with two attached hydrogens (primary N) is 1. The fraction of sp³-hybridized carbons (Fsp3) is 0.259. The molecule has 5 N–H and O–H groups in total. The van der Waals surface area contributed by atoms with E-state index in [9.17, 15) is 14.7 Å². The molecule has 196 valence electrons. The van der Waals surface area contributed by atoms with Crippen molar-refractivity contribution in [3.63, 3.8) is 0 Å². The Kier molecular flexibility index (Phi) is 7.41. The first-order valence-corrected chi connectivity index (χ1v) is 13.9. The Morgan fingerprint density at radius 2 is 1.97 bits per heavy atom. The van der Waals surface area contributed by atoms with Gasteiger partial charge < -0.3 is 21.5 Å².